The molecule has 2 amide bonds. The summed E-state index contributed by atoms with van der Waals surface area (Å²) in [5.74, 6) is -0.378. The summed E-state index contributed by atoms with van der Waals surface area (Å²) in [5.41, 5.74) is 3.91. The van der Waals surface area contributed by atoms with Crippen molar-refractivity contribution < 1.29 is 9.59 Å². The Morgan fingerprint density at radius 3 is 2.07 bits per heavy atom. The van der Waals surface area contributed by atoms with Crippen molar-refractivity contribution in [2.45, 2.75) is 26.6 Å². The molecule has 6 rings (SSSR count). The maximum atomic E-state index is 13.8. The van der Waals surface area contributed by atoms with E-state index in [1.165, 1.54) is 4.57 Å². The Morgan fingerprint density at radius 1 is 0.711 bits per heavy atom. The highest BCUT2D eigenvalue weighted by molar-refractivity contribution is 5.94. The van der Waals surface area contributed by atoms with E-state index < -0.39 is 11.2 Å². The lowest BCUT2D eigenvalue weighted by Gasteiger charge is -2.36. The van der Waals surface area contributed by atoms with E-state index in [2.05, 4.69) is 22.3 Å². The molecule has 1 saturated heterocycles. The molecular weight excluding hydrogens is 566 g/mol. The molecule has 1 aliphatic rings. The molecule has 1 aliphatic heterocycles. The standard InChI is InChI=1S/C36H35N5O4/c1-26-11-13-27(14-12-26)23-37-34(43)29-17-15-28(16-18-29)24-41-35(44)31-9-5-6-10-32(31)40(36(41)45)25-33(42)39-21-19-38(20-22-39)30-7-3-2-4-8-30/h2-18H,19-25H2,1H3,(H,37,43). The highest BCUT2D eigenvalue weighted by atomic mass is 16.2. The number of para-hydroxylation sites is 2. The van der Waals surface area contributed by atoms with Gasteiger partial charge in [0.25, 0.3) is 11.5 Å². The first kappa shape index (κ1) is 29.6. The van der Waals surface area contributed by atoms with Crippen molar-refractivity contribution in [3.8, 4) is 0 Å². The molecule has 0 spiro atoms. The molecule has 0 aliphatic carbocycles. The van der Waals surface area contributed by atoms with Crippen molar-refractivity contribution >= 4 is 28.4 Å². The van der Waals surface area contributed by atoms with Crippen LogP contribution in [-0.4, -0.2) is 52.0 Å². The monoisotopic (exact) mass is 601 g/mol. The van der Waals surface area contributed by atoms with Crippen molar-refractivity contribution in [1.29, 1.82) is 0 Å². The molecule has 9 nitrogen and oxygen atoms in total. The van der Waals surface area contributed by atoms with Gasteiger partial charge in [0.2, 0.25) is 5.91 Å². The molecule has 9 heteroatoms. The summed E-state index contributed by atoms with van der Waals surface area (Å²) in [6, 6.07) is 31.8. The van der Waals surface area contributed by atoms with E-state index in [1.807, 2.05) is 49.4 Å². The van der Waals surface area contributed by atoms with E-state index in [-0.39, 0.29) is 24.9 Å². The van der Waals surface area contributed by atoms with E-state index in [4.69, 9.17) is 0 Å². The number of amides is 2. The number of carbonyl (C=O) groups is 2. The third-order valence-corrected chi connectivity index (χ3v) is 8.31. The molecule has 1 fully saturated rings. The Labute approximate surface area is 261 Å². The van der Waals surface area contributed by atoms with Crippen molar-refractivity contribution in [1.82, 2.24) is 19.4 Å². The fourth-order valence-corrected chi connectivity index (χ4v) is 5.69. The lowest BCUT2D eigenvalue weighted by Crippen LogP contribution is -2.50. The first-order valence-corrected chi connectivity index (χ1v) is 15.1. The van der Waals surface area contributed by atoms with Gasteiger partial charge in [-0.3, -0.25) is 23.5 Å². The van der Waals surface area contributed by atoms with Gasteiger partial charge in [0, 0.05) is 44.0 Å². The smallest absolute Gasteiger partial charge is 0.332 e. The molecule has 1 N–H and O–H groups in total. The zero-order valence-electron chi connectivity index (χ0n) is 25.2. The molecule has 4 aromatic carbocycles. The first-order valence-electron chi connectivity index (χ1n) is 15.1. The summed E-state index contributed by atoms with van der Waals surface area (Å²) < 4.78 is 2.56. The number of aryl methyl sites for hydroxylation is 1. The average molecular weight is 602 g/mol. The van der Waals surface area contributed by atoms with Gasteiger partial charge in [-0.1, -0.05) is 72.3 Å². The van der Waals surface area contributed by atoms with Gasteiger partial charge < -0.3 is 15.1 Å². The number of aromatic nitrogens is 2. The van der Waals surface area contributed by atoms with E-state index in [0.717, 1.165) is 21.4 Å². The summed E-state index contributed by atoms with van der Waals surface area (Å²) in [5, 5.41) is 3.29. The number of hydrogen-bond acceptors (Lipinski definition) is 5. The number of anilines is 1. The van der Waals surface area contributed by atoms with Gasteiger partial charge in [-0.05, 0) is 54.4 Å². The zero-order chi connectivity index (χ0) is 31.3. The van der Waals surface area contributed by atoms with Crippen molar-refractivity contribution in [3.63, 3.8) is 0 Å². The van der Waals surface area contributed by atoms with Crippen LogP contribution in [0.5, 0.6) is 0 Å². The van der Waals surface area contributed by atoms with E-state index in [1.54, 1.807) is 53.4 Å². The predicted octanol–water partition coefficient (Wildman–Crippen LogP) is 3.80. The molecule has 0 unspecified atom stereocenters. The molecule has 0 saturated carbocycles. The molecular formula is C36H35N5O4. The van der Waals surface area contributed by atoms with E-state index >= 15 is 0 Å². The molecule has 0 radical (unpaired) electrons. The molecule has 0 bridgehead atoms. The van der Waals surface area contributed by atoms with Gasteiger partial charge in [0.05, 0.1) is 17.4 Å². The fraction of sp³-hybridized carbons (Fsp3) is 0.222. The van der Waals surface area contributed by atoms with Crippen molar-refractivity contribution in [2.75, 3.05) is 31.1 Å². The number of fused-ring (bicyclic) bond motifs is 1. The van der Waals surface area contributed by atoms with Crippen LogP contribution in [0.15, 0.2) is 113 Å². The average Bonchev–Trinajstić information content (AvgIpc) is 3.09. The molecule has 228 valence electrons. The maximum Gasteiger partial charge on any atom is 0.332 e. The van der Waals surface area contributed by atoms with Crippen LogP contribution in [0.3, 0.4) is 0 Å². The first-order chi connectivity index (χ1) is 21.9. The SMILES string of the molecule is Cc1ccc(CNC(=O)c2ccc(Cn3c(=O)c4ccccc4n(CC(=O)N4CCN(c5ccccc5)CC4)c3=O)cc2)cc1. The molecule has 2 heterocycles. The Bertz CT molecular complexity index is 1940. The largest absolute Gasteiger partial charge is 0.368 e. The third-order valence-electron chi connectivity index (χ3n) is 8.31. The summed E-state index contributed by atoms with van der Waals surface area (Å²) in [6.45, 7) is 4.77. The van der Waals surface area contributed by atoms with Gasteiger partial charge in [-0.25, -0.2) is 4.79 Å². The maximum absolute atomic E-state index is 13.8. The minimum absolute atomic E-state index is 0.0116. The van der Waals surface area contributed by atoms with Crippen LogP contribution < -0.4 is 21.5 Å². The van der Waals surface area contributed by atoms with Crippen LogP contribution >= 0.6 is 0 Å². The number of nitrogens with zero attached hydrogens (tertiary/aromatic N) is 4. The Hall–Kier alpha value is -5.44. The second-order valence-electron chi connectivity index (χ2n) is 11.3. The number of piperazine rings is 1. The van der Waals surface area contributed by atoms with Crippen LogP contribution in [0.4, 0.5) is 5.69 Å². The summed E-state index contributed by atoms with van der Waals surface area (Å²) in [4.78, 5) is 57.4. The second-order valence-corrected chi connectivity index (χ2v) is 11.3. The van der Waals surface area contributed by atoms with Crippen molar-refractivity contribution in [2.24, 2.45) is 0 Å². The number of carbonyl (C=O) groups excluding carboxylic acids is 2. The Balaban J connectivity index is 1.18. The number of benzene rings is 4. The molecule has 45 heavy (non-hydrogen) atoms. The highest BCUT2D eigenvalue weighted by Crippen LogP contribution is 2.16. The lowest BCUT2D eigenvalue weighted by atomic mass is 10.1. The van der Waals surface area contributed by atoms with Gasteiger partial charge in [0.1, 0.15) is 6.54 Å². The Kier molecular flexibility index (Phi) is 8.59. The Morgan fingerprint density at radius 2 is 1.36 bits per heavy atom. The second kappa shape index (κ2) is 13.1. The van der Waals surface area contributed by atoms with Gasteiger partial charge in [0.15, 0.2) is 0 Å². The number of hydrogen-bond donors (Lipinski definition) is 1. The topological polar surface area (TPSA) is 96.6 Å². The third kappa shape index (κ3) is 6.57. The fourth-order valence-electron chi connectivity index (χ4n) is 5.69. The lowest BCUT2D eigenvalue weighted by molar-refractivity contribution is -0.132. The summed E-state index contributed by atoms with van der Waals surface area (Å²) in [7, 11) is 0. The normalized spacial score (nSPS) is 13.2. The van der Waals surface area contributed by atoms with E-state index in [0.29, 0.717) is 54.8 Å². The summed E-state index contributed by atoms with van der Waals surface area (Å²) in [6.07, 6.45) is 0. The molecule has 0 atom stereocenters. The quantitative estimate of drug-likeness (QED) is 0.292. The minimum atomic E-state index is -0.546. The van der Waals surface area contributed by atoms with Crippen molar-refractivity contribution in [3.05, 3.63) is 146 Å². The predicted molar refractivity (Wildman–Crippen MR) is 176 cm³/mol. The minimum Gasteiger partial charge on any atom is -0.368 e. The van der Waals surface area contributed by atoms with Gasteiger partial charge in [-0.2, -0.15) is 0 Å². The van der Waals surface area contributed by atoms with Crippen LogP contribution in [0, 0.1) is 6.92 Å². The highest BCUT2D eigenvalue weighted by Gasteiger charge is 2.23. The van der Waals surface area contributed by atoms with Crippen LogP contribution in [0.1, 0.15) is 27.0 Å². The zero-order valence-corrected chi connectivity index (χ0v) is 25.2. The van der Waals surface area contributed by atoms with Crippen LogP contribution in [-0.2, 0) is 24.4 Å². The molecule has 5 aromatic rings. The van der Waals surface area contributed by atoms with Gasteiger partial charge >= 0.3 is 5.69 Å². The van der Waals surface area contributed by atoms with Gasteiger partial charge in [-0.15, -0.1) is 0 Å². The number of nitrogens with one attached hydrogen (secondary N) is 1. The number of rotatable bonds is 8. The van der Waals surface area contributed by atoms with Crippen LogP contribution in [0.2, 0.25) is 0 Å². The van der Waals surface area contributed by atoms with Crippen LogP contribution in [0.25, 0.3) is 10.9 Å². The molecule has 1 aromatic heterocycles. The van der Waals surface area contributed by atoms with E-state index in [9.17, 15) is 19.2 Å². The summed E-state index contributed by atoms with van der Waals surface area (Å²) >= 11 is 0.